The second-order valence-electron chi connectivity index (χ2n) is 4.92. The lowest BCUT2D eigenvalue weighted by Gasteiger charge is -2.38. The van der Waals surface area contributed by atoms with Crippen molar-refractivity contribution in [1.82, 2.24) is 0 Å². The predicted molar refractivity (Wildman–Crippen MR) is 71.5 cm³/mol. The minimum Gasteiger partial charge on any atom is -0.382 e. The monoisotopic (exact) mass is 269 g/mol. The number of nitrogens with one attached hydrogen (secondary N) is 1. The van der Waals surface area contributed by atoms with E-state index < -0.39 is 0 Å². The van der Waals surface area contributed by atoms with E-state index in [1.165, 1.54) is 12.1 Å². The minimum atomic E-state index is -0.362. The van der Waals surface area contributed by atoms with Gasteiger partial charge in [0.05, 0.1) is 0 Å². The molecule has 3 atom stereocenters. The molecule has 0 fully saturated rings. The van der Waals surface area contributed by atoms with E-state index in [4.69, 9.17) is 11.6 Å². The lowest BCUT2D eigenvalue weighted by Crippen LogP contribution is -2.36. The lowest BCUT2D eigenvalue weighted by molar-refractivity contribution is -0.112. The molecule has 4 heteroatoms. The Hall–Kier alpha value is -1.09. The summed E-state index contributed by atoms with van der Waals surface area (Å²) in [7, 11) is 0. The molecular weight excluding hydrogens is 253 g/mol. The predicted octanol–water partition coefficient (Wildman–Crippen LogP) is 3.91. The fourth-order valence-electron chi connectivity index (χ4n) is 2.81. The van der Waals surface area contributed by atoms with Crippen molar-refractivity contribution in [2.24, 2.45) is 5.92 Å². The zero-order valence-corrected chi connectivity index (χ0v) is 11.3. The highest BCUT2D eigenvalue weighted by Crippen LogP contribution is 2.41. The van der Waals surface area contributed by atoms with Gasteiger partial charge in [-0.2, -0.15) is 0 Å². The molecule has 0 aromatic heterocycles. The van der Waals surface area contributed by atoms with Gasteiger partial charge in [0.2, 0.25) is 5.24 Å². The van der Waals surface area contributed by atoms with Crippen LogP contribution < -0.4 is 5.32 Å². The average molecular weight is 270 g/mol. The van der Waals surface area contributed by atoms with Gasteiger partial charge >= 0.3 is 0 Å². The largest absolute Gasteiger partial charge is 0.382 e. The highest BCUT2D eigenvalue weighted by Gasteiger charge is 2.33. The molecule has 98 valence electrons. The Bertz CT molecular complexity index is 463. The number of carbonyl (C=O) groups is 1. The maximum atomic E-state index is 13.4. The van der Waals surface area contributed by atoms with Gasteiger partial charge in [-0.1, -0.05) is 13.8 Å². The fourth-order valence-corrected chi connectivity index (χ4v) is 2.98. The molecule has 0 bridgehead atoms. The number of carbonyl (C=O) groups excluding carboxylic acids is 1. The van der Waals surface area contributed by atoms with E-state index in [-0.39, 0.29) is 29.3 Å². The summed E-state index contributed by atoms with van der Waals surface area (Å²) in [5, 5.41) is 3.04. The van der Waals surface area contributed by atoms with Crippen LogP contribution in [-0.4, -0.2) is 11.3 Å². The first-order valence-corrected chi connectivity index (χ1v) is 6.65. The molecule has 1 aliphatic rings. The van der Waals surface area contributed by atoms with Crippen molar-refractivity contribution in [2.75, 3.05) is 5.32 Å². The van der Waals surface area contributed by atoms with Crippen molar-refractivity contribution in [3.8, 4) is 0 Å². The van der Waals surface area contributed by atoms with E-state index in [2.05, 4.69) is 19.2 Å². The van der Waals surface area contributed by atoms with Gasteiger partial charge in [0.1, 0.15) is 5.82 Å². The Morgan fingerprint density at radius 2 is 2.22 bits per heavy atom. The normalized spacial score (nSPS) is 26.3. The second-order valence-corrected chi connectivity index (χ2v) is 5.34. The van der Waals surface area contributed by atoms with Crippen molar-refractivity contribution in [3.05, 3.63) is 29.6 Å². The summed E-state index contributed by atoms with van der Waals surface area (Å²) in [6, 6.07) is 4.98. The number of anilines is 1. The number of benzene rings is 1. The van der Waals surface area contributed by atoms with Gasteiger partial charge in [0.15, 0.2) is 0 Å². The molecule has 2 nitrogen and oxygen atoms in total. The van der Waals surface area contributed by atoms with Gasteiger partial charge in [-0.25, -0.2) is 4.39 Å². The van der Waals surface area contributed by atoms with E-state index in [1.54, 1.807) is 6.07 Å². The summed E-state index contributed by atoms with van der Waals surface area (Å²) >= 11 is 5.52. The number of hydrogen-bond acceptors (Lipinski definition) is 2. The van der Waals surface area contributed by atoms with Gasteiger partial charge < -0.3 is 5.32 Å². The Balaban J connectivity index is 2.42. The van der Waals surface area contributed by atoms with E-state index in [9.17, 15) is 9.18 Å². The van der Waals surface area contributed by atoms with Gasteiger partial charge in [-0.15, -0.1) is 0 Å². The quantitative estimate of drug-likeness (QED) is 0.843. The molecule has 1 aromatic carbocycles. The van der Waals surface area contributed by atoms with Crippen LogP contribution in [0.15, 0.2) is 18.2 Å². The first-order chi connectivity index (χ1) is 8.52. The van der Waals surface area contributed by atoms with E-state index in [0.717, 1.165) is 17.7 Å². The van der Waals surface area contributed by atoms with Crippen LogP contribution in [-0.2, 0) is 4.79 Å². The third kappa shape index (κ3) is 2.51. The number of rotatable bonds is 3. The van der Waals surface area contributed by atoms with Crippen molar-refractivity contribution < 1.29 is 9.18 Å². The SMILES string of the molecule is CC[C@@H]1Nc2ccc(F)cc2[C@H](CC(=O)Cl)[C@@H]1C. The highest BCUT2D eigenvalue weighted by atomic mass is 35.5. The Labute approximate surface area is 112 Å². The smallest absolute Gasteiger partial charge is 0.222 e. The highest BCUT2D eigenvalue weighted by molar-refractivity contribution is 6.63. The van der Waals surface area contributed by atoms with Crippen LogP contribution in [0.25, 0.3) is 0 Å². The average Bonchev–Trinajstić information content (AvgIpc) is 2.32. The maximum absolute atomic E-state index is 13.4. The van der Waals surface area contributed by atoms with Crippen LogP contribution >= 0.6 is 11.6 Å². The minimum absolute atomic E-state index is 0.00750. The summed E-state index contributed by atoms with van der Waals surface area (Å²) in [6.07, 6.45) is 1.22. The van der Waals surface area contributed by atoms with Crippen molar-refractivity contribution in [2.45, 2.75) is 38.6 Å². The van der Waals surface area contributed by atoms with Gasteiger partial charge in [-0.05, 0) is 53.6 Å². The van der Waals surface area contributed by atoms with Crippen LogP contribution in [0.1, 0.15) is 38.2 Å². The Morgan fingerprint density at radius 1 is 1.50 bits per heavy atom. The van der Waals surface area contributed by atoms with Gasteiger partial charge in [0, 0.05) is 18.2 Å². The third-order valence-electron chi connectivity index (χ3n) is 3.84. The zero-order valence-electron chi connectivity index (χ0n) is 10.5. The zero-order chi connectivity index (χ0) is 13.3. The number of fused-ring (bicyclic) bond motifs is 1. The van der Waals surface area contributed by atoms with Crippen LogP contribution in [0.5, 0.6) is 0 Å². The van der Waals surface area contributed by atoms with Crippen molar-refractivity contribution in [3.63, 3.8) is 0 Å². The molecule has 0 saturated carbocycles. The second kappa shape index (κ2) is 5.27. The van der Waals surface area contributed by atoms with E-state index in [1.807, 2.05) is 0 Å². The first-order valence-electron chi connectivity index (χ1n) is 6.27. The summed E-state index contributed by atoms with van der Waals surface area (Å²) < 4.78 is 13.4. The number of hydrogen-bond donors (Lipinski definition) is 1. The molecule has 0 spiro atoms. The molecule has 0 radical (unpaired) electrons. The van der Waals surface area contributed by atoms with Crippen LogP contribution in [0.4, 0.5) is 10.1 Å². The van der Waals surface area contributed by atoms with Crippen LogP contribution in [0, 0.1) is 11.7 Å². The maximum Gasteiger partial charge on any atom is 0.222 e. The van der Waals surface area contributed by atoms with Crippen molar-refractivity contribution >= 4 is 22.5 Å². The molecular formula is C14H17ClFNO. The Kier molecular flexibility index (Phi) is 3.91. The molecule has 1 heterocycles. The topological polar surface area (TPSA) is 29.1 Å². The molecule has 1 N–H and O–H groups in total. The summed E-state index contributed by atoms with van der Waals surface area (Å²) in [4.78, 5) is 11.2. The molecule has 1 aliphatic heterocycles. The van der Waals surface area contributed by atoms with Crippen LogP contribution in [0.3, 0.4) is 0 Å². The molecule has 0 amide bonds. The third-order valence-corrected chi connectivity index (χ3v) is 4.00. The molecule has 1 aromatic rings. The summed E-state index contributed by atoms with van der Waals surface area (Å²) in [5.74, 6) is -0.0244. The van der Waals surface area contributed by atoms with E-state index >= 15 is 0 Å². The van der Waals surface area contributed by atoms with Gasteiger partial charge in [-0.3, -0.25) is 4.79 Å². The first kappa shape index (κ1) is 13.3. The lowest BCUT2D eigenvalue weighted by atomic mass is 9.76. The van der Waals surface area contributed by atoms with E-state index in [0.29, 0.717) is 6.04 Å². The summed E-state index contributed by atoms with van der Waals surface area (Å²) in [6.45, 7) is 4.18. The summed E-state index contributed by atoms with van der Waals surface area (Å²) in [5.41, 5.74) is 1.78. The Morgan fingerprint density at radius 3 is 2.83 bits per heavy atom. The number of halogens is 2. The molecule has 18 heavy (non-hydrogen) atoms. The molecule has 0 aliphatic carbocycles. The molecule has 2 rings (SSSR count). The molecule has 0 saturated heterocycles. The van der Waals surface area contributed by atoms with Crippen LogP contribution in [0.2, 0.25) is 0 Å². The van der Waals surface area contributed by atoms with Gasteiger partial charge in [0.25, 0.3) is 0 Å². The standard InChI is InChI=1S/C14H17ClFNO/c1-3-12-8(2)10(7-14(15)18)11-6-9(16)4-5-13(11)17-12/h4-6,8,10,12,17H,3,7H2,1-2H3/t8-,10+,12-/m0/s1. The fraction of sp³-hybridized carbons (Fsp3) is 0.500. The molecule has 0 unspecified atom stereocenters. The van der Waals surface area contributed by atoms with Crippen molar-refractivity contribution in [1.29, 1.82) is 0 Å².